The molecule has 1 fully saturated rings. The summed E-state index contributed by atoms with van der Waals surface area (Å²) in [6.07, 6.45) is 0.421. The van der Waals surface area contributed by atoms with Crippen molar-refractivity contribution in [3.8, 4) is 0 Å². The molecule has 0 radical (unpaired) electrons. The maximum absolute atomic E-state index is 12.6. The topological polar surface area (TPSA) is 61.4 Å². The van der Waals surface area contributed by atoms with E-state index in [2.05, 4.69) is 24.5 Å². The smallest absolute Gasteiger partial charge is 0.254 e. The van der Waals surface area contributed by atoms with Crippen LogP contribution in [0.2, 0.25) is 0 Å². The van der Waals surface area contributed by atoms with Crippen LogP contribution in [0.5, 0.6) is 0 Å². The van der Waals surface area contributed by atoms with Crippen LogP contribution in [-0.2, 0) is 4.79 Å². The van der Waals surface area contributed by atoms with Crippen molar-refractivity contribution in [1.29, 1.82) is 0 Å². The summed E-state index contributed by atoms with van der Waals surface area (Å²) in [6.45, 7) is 7.45. The normalized spacial score (nSPS) is 21.0. The highest BCUT2D eigenvalue weighted by atomic mass is 35.5. The van der Waals surface area contributed by atoms with E-state index < -0.39 is 0 Å². The first-order chi connectivity index (χ1) is 10.0. The molecular formula is C16H24ClN3O2. The van der Waals surface area contributed by atoms with E-state index in [1.807, 2.05) is 4.90 Å². The van der Waals surface area contributed by atoms with E-state index in [1.54, 1.807) is 31.2 Å². The van der Waals surface area contributed by atoms with Gasteiger partial charge in [-0.3, -0.25) is 9.59 Å². The number of piperazine rings is 1. The average molecular weight is 326 g/mol. The van der Waals surface area contributed by atoms with Gasteiger partial charge in [0.25, 0.3) is 5.91 Å². The number of rotatable bonds is 3. The number of hydrogen-bond donors (Lipinski definition) is 2. The predicted molar refractivity (Wildman–Crippen MR) is 90.6 cm³/mol. The third-order valence-corrected chi connectivity index (χ3v) is 4.01. The Morgan fingerprint density at radius 1 is 1.36 bits per heavy atom. The van der Waals surface area contributed by atoms with Gasteiger partial charge in [0.1, 0.15) is 0 Å². The van der Waals surface area contributed by atoms with Crippen molar-refractivity contribution in [3.63, 3.8) is 0 Å². The summed E-state index contributed by atoms with van der Waals surface area (Å²) in [7, 11) is 0. The Labute approximate surface area is 137 Å². The minimum absolute atomic E-state index is 0. The highest BCUT2D eigenvalue weighted by Crippen LogP contribution is 2.17. The fraction of sp³-hybridized carbons (Fsp3) is 0.500. The molecule has 0 aliphatic carbocycles. The maximum Gasteiger partial charge on any atom is 0.254 e. The van der Waals surface area contributed by atoms with Gasteiger partial charge in [-0.15, -0.1) is 12.4 Å². The molecule has 1 saturated heterocycles. The molecule has 2 unspecified atom stereocenters. The molecule has 0 saturated carbocycles. The zero-order valence-electron chi connectivity index (χ0n) is 13.3. The summed E-state index contributed by atoms with van der Waals surface area (Å²) in [5.74, 6) is -0.0350. The van der Waals surface area contributed by atoms with Crippen LogP contribution in [0.25, 0.3) is 0 Å². The molecule has 122 valence electrons. The number of carbonyl (C=O) groups is 2. The van der Waals surface area contributed by atoms with Gasteiger partial charge in [-0.2, -0.15) is 0 Å². The Morgan fingerprint density at radius 2 is 2.09 bits per heavy atom. The molecule has 1 aromatic carbocycles. The minimum Gasteiger partial charge on any atom is -0.333 e. The molecule has 1 aliphatic rings. The first-order valence-corrected chi connectivity index (χ1v) is 7.47. The second kappa shape index (κ2) is 8.15. The summed E-state index contributed by atoms with van der Waals surface area (Å²) in [4.78, 5) is 26.0. The molecule has 2 N–H and O–H groups in total. The molecule has 1 aliphatic heterocycles. The lowest BCUT2D eigenvalue weighted by atomic mass is 10.0. The van der Waals surface area contributed by atoms with E-state index in [9.17, 15) is 9.59 Å². The molecule has 0 spiro atoms. The van der Waals surface area contributed by atoms with Crippen LogP contribution in [0, 0.1) is 0 Å². The van der Waals surface area contributed by atoms with E-state index in [0.717, 1.165) is 6.54 Å². The summed E-state index contributed by atoms with van der Waals surface area (Å²) in [5, 5.41) is 6.15. The molecular weight excluding hydrogens is 302 g/mol. The molecule has 2 atom stereocenters. The minimum atomic E-state index is -0.0521. The second-order valence-corrected chi connectivity index (χ2v) is 5.46. The van der Waals surface area contributed by atoms with Crippen LogP contribution in [0.3, 0.4) is 0 Å². The molecule has 1 heterocycles. The maximum atomic E-state index is 12.6. The fourth-order valence-corrected chi connectivity index (χ4v) is 2.49. The SMILES string of the molecule is CCC(=O)Nc1cccc(C(=O)N2CCNC(C)C2C)c1.Cl. The second-order valence-electron chi connectivity index (χ2n) is 5.46. The Bertz CT molecular complexity index is 536. The molecule has 0 aromatic heterocycles. The Kier molecular flexibility index (Phi) is 6.84. The van der Waals surface area contributed by atoms with E-state index in [1.165, 1.54) is 0 Å². The molecule has 2 amide bonds. The molecule has 5 nitrogen and oxygen atoms in total. The summed E-state index contributed by atoms with van der Waals surface area (Å²) in [5.41, 5.74) is 1.29. The van der Waals surface area contributed by atoms with E-state index in [0.29, 0.717) is 24.2 Å². The van der Waals surface area contributed by atoms with Crippen molar-refractivity contribution in [2.24, 2.45) is 0 Å². The zero-order chi connectivity index (χ0) is 15.4. The Hall–Kier alpha value is -1.59. The van der Waals surface area contributed by atoms with Crippen molar-refractivity contribution in [2.45, 2.75) is 39.3 Å². The summed E-state index contributed by atoms with van der Waals surface area (Å²) >= 11 is 0. The number of anilines is 1. The van der Waals surface area contributed by atoms with Gasteiger partial charge in [-0.05, 0) is 32.0 Å². The van der Waals surface area contributed by atoms with Crippen LogP contribution < -0.4 is 10.6 Å². The van der Waals surface area contributed by atoms with Crippen LogP contribution in [-0.4, -0.2) is 41.9 Å². The molecule has 2 rings (SSSR count). The lowest BCUT2D eigenvalue weighted by molar-refractivity contribution is -0.115. The van der Waals surface area contributed by atoms with E-state index >= 15 is 0 Å². The van der Waals surface area contributed by atoms with Gasteiger partial charge in [-0.25, -0.2) is 0 Å². The van der Waals surface area contributed by atoms with Gasteiger partial charge in [0.2, 0.25) is 5.91 Å². The number of benzene rings is 1. The number of hydrogen-bond acceptors (Lipinski definition) is 3. The van der Waals surface area contributed by atoms with Crippen LogP contribution in [0.15, 0.2) is 24.3 Å². The van der Waals surface area contributed by atoms with Gasteiger partial charge in [0, 0.05) is 42.8 Å². The molecule has 0 bridgehead atoms. The van der Waals surface area contributed by atoms with E-state index in [4.69, 9.17) is 0 Å². The van der Waals surface area contributed by atoms with Crippen molar-refractivity contribution >= 4 is 29.9 Å². The Balaban J connectivity index is 0.00000242. The quantitative estimate of drug-likeness (QED) is 0.896. The third-order valence-electron chi connectivity index (χ3n) is 4.01. The zero-order valence-corrected chi connectivity index (χ0v) is 14.1. The first-order valence-electron chi connectivity index (χ1n) is 7.47. The number of carbonyl (C=O) groups excluding carboxylic acids is 2. The van der Waals surface area contributed by atoms with E-state index in [-0.39, 0.29) is 36.3 Å². The van der Waals surface area contributed by atoms with Gasteiger partial charge in [0.15, 0.2) is 0 Å². The van der Waals surface area contributed by atoms with Crippen LogP contribution in [0.4, 0.5) is 5.69 Å². The monoisotopic (exact) mass is 325 g/mol. The molecule has 22 heavy (non-hydrogen) atoms. The largest absolute Gasteiger partial charge is 0.333 e. The molecule has 6 heteroatoms. The fourth-order valence-electron chi connectivity index (χ4n) is 2.49. The van der Waals surface area contributed by atoms with Gasteiger partial charge < -0.3 is 15.5 Å². The lowest BCUT2D eigenvalue weighted by Crippen LogP contribution is -2.57. The summed E-state index contributed by atoms with van der Waals surface area (Å²) < 4.78 is 0. The molecule has 1 aromatic rings. The standard InChI is InChI=1S/C16H23N3O2.ClH/c1-4-15(20)18-14-7-5-6-13(10-14)16(21)19-9-8-17-11(2)12(19)3;/h5-7,10-12,17H,4,8-9H2,1-3H3,(H,18,20);1H. The van der Waals surface area contributed by atoms with Crippen molar-refractivity contribution < 1.29 is 9.59 Å². The first kappa shape index (κ1) is 18.5. The van der Waals surface area contributed by atoms with Gasteiger partial charge in [0.05, 0.1) is 0 Å². The predicted octanol–water partition coefficient (Wildman–Crippen LogP) is 2.28. The van der Waals surface area contributed by atoms with Gasteiger partial charge >= 0.3 is 0 Å². The highest BCUT2D eigenvalue weighted by molar-refractivity contribution is 5.97. The number of amides is 2. The number of nitrogens with one attached hydrogen (secondary N) is 2. The third kappa shape index (κ3) is 4.21. The van der Waals surface area contributed by atoms with Crippen LogP contribution in [0.1, 0.15) is 37.6 Å². The van der Waals surface area contributed by atoms with Crippen molar-refractivity contribution in [2.75, 3.05) is 18.4 Å². The van der Waals surface area contributed by atoms with Crippen molar-refractivity contribution in [3.05, 3.63) is 29.8 Å². The van der Waals surface area contributed by atoms with Crippen molar-refractivity contribution in [1.82, 2.24) is 10.2 Å². The lowest BCUT2D eigenvalue weighted by Gasteiger charge is -2.38. The highest BCUT2D eigenvalue weighted by Gasteiger charge is 2.28. The van der Waals surface area contributed by atoms with Gasteiger partial charge in [-0.1, -0.05) is 13.0 Å². The Morgan fingerprint density at radius 3 is 2.77 bits per heavy atom. The average Bonchev–Trinajstić information content (AvgIpc) is 2.49. The number of halogens is 1. The summed E-state index contributed by atoms with van der Waals surface area (Å²) in [6, 6.07) is 7.58. The van der Waals surface area contributed by atoms with Crippen LogP contribution >= 0.6 is 12.4 Å². The number of nitrogens with zero attached hydrogens (tertiary/aromatic N) is 1.